The van der Waals surface area contributed by atoms with Crippen molar-refractivity contribution >= 4 is 40.2 Å². The summed E-state index contributed by atoms with van der Waals surface area (Å²) >= 11 is 6.20. The number of halogens is 1. The Labute approximate surface area is 172 Å². The molecule has 3 aromatic rings. The second kappa shape index (κ2) is 8.84. The van der Waals surface area contributed by atoms with Crippen LogP contribution in [0.2, 0.25) is 5.02 Å². The normalized spacial score (nSPS) is 10.6. The SMILES string of the molecule is COC(=O)CC(=O)c1c(CC(=O)OC)nc2ccc(Cl)cc2c1-c1ccccc1. The minimum atomic E-state index is -0.677. The van der Waals surface area contributed by atoms with Crippen LogP contribution >= 0.6 is 11.6 Å². The number of carbonyl (C=O) groups is 3. The molecular formula is C22H18ClNO5. The molecule has 0 aliphatic heterocycles. The van der Waals surface area contributed by atoms with Crippen LogP contribution in [0.5, 0.6) is 0 Å². The third-order valence-electron chi connectivity index (χ3n) is 4.44. The summed E-state index contributed by atoms with van der Waals surface area (Å²) in [6, 6.07) is 14.3. The molecule has 0 radical (unpaired) electrons. The number of ketones is 1. The Bertz CT molecular complexity index is 1100. The molecule has 0 bridgehead atoms. The highest BCUT2D eigenvalue weighted by Crippen LogP contribution is 2.35. The van der Waals surface area contributed by atoms with Crippen LogP contribution in [0.15, 0.2) is 48.5 Å². The van der Waals surface area contributed by atoms with Crippen LogP contribution in [-0.2, 0) is 25.5 Å². The standard InChI is InChI=1S/C22H18ClNO5/c1-28-19(26)11-17-22(18(25)12-20(27)29-2)21(13-6-4-3-5-7-13)15-10-14(23)8-9-16(15)24-17/h3-10H,11-12H2,1-2H3. The average molecular weight is 412 g/mol. The first-order valence-electron chi connectivity index (χ1n) is 8.79. The summed E-state index contributed by atoms with van der Waals surface area (Å²) < 4.78 is 9.41. The fourth-order valence-corrected chi connectivity index (χ4v) is 3.29. The lowest BCUT2D eigenvalue weighted by Gasteiger charge is -2.16. The number of fused-ring (bicyclic) bond motifs is 1. The van der Waals surface area contributed by atoms with Gasteiger partial charge in [-0.15, -0.1) is 0 Å². The highest BCUT2D eigenvalue weighted by atomic mass is 35.5. The van der Waals surface area contributed by atoms with E-state index >= 15 is 0 Å². The highest BCUT2D eigenvalue weighted by molar-refractivity contribution is 6.31. The first-order valence-corrected chi connectivity index (χ1v) is 9.16. The van der Waals surface area contributed by atoms with E-state index in [0.717, 1.165) is 5.56 Å². The molecule has 1 aromatic heterocycles. The first kappa shape index (κ1) is 20.5. The van der Waals surface area contributed by atoms with E-state index in [0.29, 0.717) is 21.5 Å². The molecule has 29 heavy (non-hydrogen) atoms. The topological polar surface area (TPSA) is 82.6 Å². The van der Waals surface area contributed by atoms with Crippen LogP contribution in [0.25, 0.3) is 22.0 Å². The molecular weight excluding hydrogens is 394 g/mol. The summed E-state index contributed by atoms with van der Waals surface area (Å²) in [7, 11) is 2.47. The first-order chi connectivity index (χ1) is 13.9. The molecule has 148 valence electrons. The summed E-state index contributed by atoms with van der Waals surface area (Å²) in [5.74, 6) is -1.72. The fraction of sp³-hybridized carbons (Fsp3) is 0.182. The molecule has 1 heterocycles. The largest absolute Gasteiger partial charge is 0.469 e. The molecule has 2 aromatic carbocycles. The maximum absolute atomic E-state index is 13.1. The van der Waals surface area contributed by atoms with Crippen molar-refractivity contribution < 1.29 is 23.9 Å². The number of esters is 2. The van der Waals surface area contributed by atoms with Gasteiger partial charge in [0, 0.05) is 21.5 Å². The Morgan fingerprint density at radius 1 is 0.966 bits per heavy atom. The molecule has 6 nitrogen and oxygen atoms in total. The van der Waals surface area contributed by atoms with Gasteiger partial charge in [-0.3, -0.25) is 19.4 Å². The van der Waals surface area contributed by atoms with Crippen LogP contribution < -0.4 is 0 Å². The third kappa shape index (κ3) is 4.43. The van der Waals surface area contributed by atoms with E-state index in [2.05, 4.69) is 9.72 Å². The van der Waals surface area contributed by atoms with Crippen molar-refractivity contribution in [2.24, 2.45) is 0 Å². The monoisotopic (exact) mass is 411 g/mol. The summed E-state index contributed by atoms with van der Waals surface area (Å²) in [5, 5.41) is 1.12. The second-order valence-electron chi connectivity index (χ2n) is 6.26. The van der Waals surface area contributed by atoms with Gasteiger partial charge < -0.3 is 9.47 Å². The van der Waals surface area contributed by atoms with Crippen molar-refractivity contribution in [2.45, 2.75) is 12.8 Å². The van der Waals surface area contributed by atoms with Gasteiger partial charge in [-0.2, -0.15) is 0 Å². The van der Waals surface area contributed by atoms with Crippen molar-refractivity contribution in [1.82, 2.24) is 4.98 Å². The molecule has 3 rings (SSSR count). The Morgan fingerprint density at radius 3 is 2.31 bits per heavy atom. The van der Waals surface area contributed by atoms with E-state index in [9.17, 15) is 14.4 Å². The zero-order valence-corrected chi connectivity index (χ0v) is 16.7. The number of carbonyl (C=O) groups excluding carboxylic acids is 3. The van der Waals surface area contributed by atoms with E-state index in [1.165, 1.54) is 14.2 Å². The zero-order valence-electron chi connectivity index (χ0n) is 15.9. The summed E-state index contributed by atoms with van der Waals surface area (Å²) in [5.41, 5.74) is 2.29. The number of hydrogen-bond donors (Lipinski definition) is 0. The molecule has 0 spiro atoms. The van der Waals surface area contributed by atoms with Gasteiger partial charge in [-0.05, 0) is 23.8 Å². The van der Waals surface area contributed by atoms with E-state index in [-0.39, 0.29) is 17.7 Å². The predicted octanol–water partition coefficient (Wildman–Crippen LogP) is 4.02. The van der Waals surface area contributed by atoms with Gasteiger partial charge in [0.05, 0.1) is 31.9 Å². The Kier molecular flexibility index (Phi) is 6.24. The maximum atomic E-state index is 13.1. The fourth-order valence-electron chi connectivity index (χ4n) is 3.12. The maximum Gasteiger partial charge on any atom is 0.313 e. The Hall–Kier alpha value is -3.25. The Morgan fingerprint density at radius 2 is 1.66 bits per heavy atom. The summed E-state index contributed by atoms with van der Waals surface area (Å²) in [6.45, 7) is 0. The van der Waals surface area contributed by atoms with Gasteiger partial charge in [-0.1, -0.05) is 41.9 Å². The van der Waals surface area contributed by atoms with Crippen molar-refractivity contribution in [3.63, 3.8) is 0 Å². The number of benzene rings is 2. The number of hydrogen-bond acceptors (Lipinski definition) is 6. The molecule has 0 atom stereocenters. The van der Waals surface area contributed by atoms with Gasteiger partial charge in [0.1, 0.15) is 6.42 Å². The van der Waals surface area contributed by atoms with Crippen molar-refractivity contribution in [1.29, 1.82) is 0 Å². The van der Waals surface area contributed by atoms with Gasteiger partial charge in [0.2, 0.25) is 0 Å². The lowest BCUT2D eigenvalue weighted by Crippen LogP contribution is -2.17. The lowest BCUT2D eigenvalue weighted by molar-refractivity contribution is -0.140. The Balaban J connectivity index is 2.37. The molecule has 7 heteroatoms. The highest BCUT2D eigenvalue weighted by Gasteiger charge is 2.25. The van der Waals surface area contributed by atoms with Crippen LogP contribution in [0, 0.1) is 0 Å². The number of rotatable bonds is 6. The predicted molar refractivity (Wildman–Crippen MR) is 109 cm³/mol. The minimum Gasteiger partial charge on any atom is -0.469 e. The number of aromatic nitrogens is 1. The van der Waals surface area contributed by atoms with Crippen LogP contribution in [-0.4, -0.2) is 36.9 Å². The van der Waals surface area contributed by atoms with Crippen LogP contribution in [0.4, 0.5) is 0 Å². The number of nitrogens with zero attached hydrogens (tertiary/aromatic N) is 1. The molecule has 0 aliphatic carbocycles. The van der Waals surface area contributed by atoms with E-state index in [1.54, 1.807) is 18.2 Å². The number of ether oxygens (including phenoxy) is 2. The van der Waals surface area contributed by atoms with E-state index in [1.807, 2.05) is 30.3 Å². The van der Waals surface area contributed by atoms with Crippen molar-refractivity contribution in [3.05, 3.63) is 64.8 Å². The lowest BCUT2D eigenvalue weighted by atomic mass is 9.90. The third-order valence-corrected chi connectivity index (χ3v) is 4.67. The van der Waals surface area contributed by atoms with Crippen LogP contribution in [0.1, 0.15) is 22.5 Å². The molecule has 0 fully saturated rings. The van der Waals surface area contributed by atoms with Gasteiger partial charge >= 0.3 is 11.9 Å². The van der Waals surface area contributed by atoms with Gasteiger partial charge in [0.15, 0.2) is 5.78 Å². The minimum absolute atomic E-state index is 0.182. The molecule has 0 saturated carbocycles. The number of Topliss-reactive ketones (excluding diaryl/α,β-unsaturated/α-hetero) is 1. The van der Waals surface area contributed by atoms with Crippen molar-refractivity contribution in [2.75, 3.05) is 14.2 Å². The quantitative estimate of drug-likeness (QED) is 0.346. The molecule has 0 N–H and O–H groups in total. The smallest absolute Gasteiger partial charge is 0.313 e. The number of methoxy groups -OCH3 is 2. The van der Waals surface area contributed by atoms with E-state index < -0.39 is 24.1 Å². The zero-order chi connectivity index (χ0) is 21.0. The second-order valence-corrected chi connectivity index (χ2v) is 6.70. The van der Waals surface area contributed by atoms with Crippen molar-refractivity contribution in [3.8, 4) is 11.1 Å². The molecule has 0 unspecified atom stereocenters. The van der Waals surface area contributed by atoms with Gasteiger partial charge in [0.25, 0.3) is 0 Å². The summed E-state index contributed by atoms with van der Waals surface area (Å²) in [4.78, 5) is 41.4. The molecule has 0 aliphatic rings. The van der Waals surface area contributed by atoms with Gasteiger partial charge in [-0.25, -0.2) is 0 Å². The summed E-state index contributed by atoms with van der Waals surface area (Å²) in [6.07, 6.45) is -0.685. The molecule has 0 amide bonds. The number of pyridine rings is 1. The average Bonchev–Trinajstić information content (AvgIpc) is 2.73. The van der Waals surface area contributed by atoms with Crippen LogP contribution in [0.3, 0.4) is 0 Å². The van der Waals surface area contributed by atoms with E-state index in [4.69, 9.17) is 16.3 Å². The molecule has 0 saturated heterocycles.